The van der Waals surface area contributed by atoms with Gasteiger partial charge in [0.1, 0.15) is 0 Å². The fourth-order valence-electron chi connectivity index (χ4n) is 2.80. The Kier molecular flexibility index (Phi) is 4.68. The van der Waals surface area contributed by atoms with Crippen LogP contribution in [-0.2, 0) is 6.54 Å². The molecule has 1 aliphatic rings. The predicted octanol–water partition coefficient (Wildman–Crippen LogP) is 2.76. The number of carbonyl (C=O) groups is 1. The second kappa shape index (κ2) is 6.87. The minimum atomic E-state index is -0.158. The number of hydrogen-bond acceptors (Lipinski definition) is 4. The molecule has 7 heteroatoms. The van der Waals surface area contributed by atoms with Crippen molar-refractivity contribution in [2.24, 2.45) is 0 Å². The molecular weight excluding hydrogens is 302 g/mol. The van der Waals surface area contributed by atoms with Gasteiger partial charge in [-0.3, -0.25) is 4.79 Å². The fraction of sp³-hybridized carbons (Fsp3) is 0.467. The number of carbonyl (C=O) groups excluding carboxylic acids is 1. The first kappa shape index (κ1) is 15.0. The topological polar surface area (TPSA) is 72.7 Å². The predicted molar refractivity (Wildman–Crippen MR) is 82.6 cm³/mol. The lowest BCUT2D eigenvalue weighted by atomic mass is 9.95. The molecular formula is C15H18ClN5O. The van der Waals surface area contributed by atoms with Gasteiger partial charge in [-0.05, 0) is 47.5 Å². The van der Waals surface area contributed by atoms with Crippen LogP contribution in [0.2, 0.25) is 5.02 Å². The van der Waals surface area contributed by atoms with E-state index in [0.717, 1.165) is 12.8 Å². The molecule has 0 radical (unpaired) electrons. The van der Waals surface area contributed by atoms with E-state index in [9.17, 15) is 4.79 Å². The molecule has 1 aliphatic carbocycles. The van der Waals surface area contributed by atoms with Gasteiger partial charge in [-0.2, -0.15) is 0 Å². The molecule has 0 aliphatic heterocycles. The highest BCUT2D eigenvalue weighted by atomic mass is 35.5. The third-order valence-corrected chi connectivity index (χ3v) is 4.25. The summed E-state index contributed by atoms with van der Waals surface area (Å²) in [7, 11) is 0. The Morgan fingerprint density at radius 1 is 1.23 bits per heavy atom. The number of aromatic nitrogens is 4. The van der Waals surface area contributed by atoms with Crippen molar-refractivity contribution < 1.29 is 4.79 Å². The largest absolute Gasteiger partial charge is 0.345 e. The zero-order valence-electron chi connectivity index (χ0n) is 12.2. The van der Waals surface area contributed by atoms with Crippen LogP contribution in [0.1, 0.15) is 54.3 Å². The second-order valence-corrected chi connectivity index (χ2v) is 5.96. The van der Waals surface area contributed by atoms with Crippen LogP contribution in [0.4, 0.5) is 0 Å². The van der Waals surface area contributed by atoms with E-state index in [1.807, 2.05) is 4.68 Å². The number of hydrogen-bond donors (Lipinski definition) is 1. The van der Waals surface area contributed by atoms with Crippen LogP contribution >= 0.6 is 11.6 Å². The highest BCUT2D eigenvalue weighted by Crippen LogP contribution is 2.27. The summed E-state index contributed by atoms with van der Waals surface area (Å²) in [6.45, 7) is 0.324. The average molecular weight is 320 g/mol. The highest BCUT2D eigenvalue weighted by Gasteiger charge is 2.20. The number of rotatable bonds is 4. The van der Waals surface area contributed by atoms with Crippen LogP contribution in [0.5, 0.6) is 0 Å². The van der Waals surface area contributed by atoms with Crippen LogP contribution in [0, 0.1) is 0 Å². The number of amides is 1. The van der Waals surface area contributed by atoms with E-state index in [1.165, 1.54) is 19.3 Å². The number of nitrogens with one attached hydrogen (secondary N) is 1. The van der Waals surface area contributed by atoms with Crippen molar-refractivity contribution >= 4 is 17.5 Å². The van der Waals surface area contributed by atoms with E-state index >= 15 is 0 Å². The molecule has 1 fully saturated rings. The molecule has 1 aromatic heterocycles. The third kappa shape index (κ3) is 3.44. The Balaban J connectivity index is 1.63. The molecule has 0 atom stereocenters. The van der Waals surface area contributed by atoms with Gasteiger partial charge < -0.3 is 5.32 Å². The zero-order chi connectivity index (χ0) is 15.4. The van der Waals surface area contributed by atoms with E-state index in [2.05, 4.69) is 20.8 Å². The van der Waals surface area contributed by atoms with Gasteiger partial charge in [-0.25, -0.2) is 4.68 Å². The van der Waals surface area contributed by atoms with Gasteiger partial charge in [0, 0.05) is 10.6 Å². The maximum Gasteiger partial charge on any atom is 0.251 e. The van der Waals surface area contributed by atoms with Crippen LogP contribution < -0.4 is 5.32 Å². The van der Waals surface area contributed by atoms with Gasteiger partial charge in [-0.1, -0.05) is 30.9 Å². The fourth-order valence-corrected chi connectivity index (χ4v) is 2.93. The van der Waals surface area contributed by atoms with Crippen molar-refractivity contribution in [2.75, 3.05) is 0 Å². The molecule has 1 amide bonds. The molecule has 22 heavy (non-hydrogen) atoms. The molecule has 0 unspecified atom stereocenters. The summed E-state index contributed by atoms with van der Waals surface area (Å²) in [4.78, 5) is 12.1. The lowest BCUT2D eigenvalue weighted by Crippen LogP contribution is -2.26. The van der Waals surface area contributed by atoms with Gasteiger partial charge in [-0.15, -0.1) is 5.10 Å². The third-order valence-electron chi connectivity index (χ3n) is 4.00. The number of tetrazole rings is 1. The lowest BCUT2D eigenvalue weighted by Gasteiger charge is -2.22. The van der Waals surface area contributed by atoms with Crippen LogP contribution in [-0.4, -0.2) is 26.1 Å². The number of benzene rings is 1. The first-order valence-corrected chi connectivity index (χ1v) is 7.92. The Hall–Kier alpha value is -1.95. The first-order chi connectivity index (χ1) is 10.7. The highest BCUT2D eigenvalue weighted by molar-refractivity contribution is 6.30. The van der Waals surface area contributed by atoms with Crippen molar-refractivity contribution in [2.45, 2.75) is 44.7 Å². The van der Waals surface area contributed by atoms with Gasteiger partial charge in [0.2, 0.25) is 0 Å². The summed E-state index contributed by atoms with van der Waals surface area (Å²) < 4.78 is 1.86. The summed E-state index contributed by atoms with van der Waals surface area (Å²) >= 11 is 5.82. The molecule has 3 rings (SSSR count). The normalized spacial score (nSPS) is 15.7. The maximum absolute atomic E-state index is 12.1. The SMILES string of the molecule is O=C(NCc1nnnn1C1CCCCC1)c1ccc(Cl)cc1. The van der Waals surface area contributed by atoms with Crippen molar-refractivity contribution in [3.63, 3.8) is 0 Å². The zero-order valence-corrected chi connectivity index (χ0v) is 13.0. The number of nitrogens with zero attached hydrogens (tertiary/aromatic N) is 4. The summed E-state index contributed by atoms with van der Waals surface area (Å²) in [5, 5.41) is 15.3. The van der Waals surface area contributed by atoms with E-state index in [0.29, 0.717) is 29.0 Å². The Morgan fingerprint density at radius 3 is 2.68 bits per heavy atom. The molecule has 1 N–H and O–H groups in total. The minimum absolute atomic E-state index is 0.158. The smallest absolute Gasteiger partial charge is 0.251 e. The van der Waals surface area contributed by atoms with Crippen LogP contribution in [0.15, 0.2) is 24.3 Å². The van der Waals surface area contributed by atoms with Crippen LogP contribution in [0.3, 0.4) is 0 Å². The quantitative estimate of drug-likeness (QED) is 0.940. The van der Waals surface area contributed by atoms with Crippen molar-refractivity contribution in [3.05, 3.63) is 40.7 Å². The van der Waals surface area contributed by atoms with Gasteiger partial charge in [0.25, 0.3) is 5.91 Å². The minimum Gasteiger partial charge on any atom is -0.345 e. The second-order valence-electron chi connectivity index (χ2n) is 5.52. The molecule has 1 heterocycles. The average Bonchev–Trinajstić information content (AvgIpc) is 3.02. The maximum atomic E-state index is 12.1. The Bertz CT molecular complexity index is 634. The van der Waals surface area contributed by atoms with Gasteiger partial charge in [0.15, 0.2) is 5.82 Å². The standard InChI is InChI=1S/C15H18ClN5O/c16-12-8-6-11(7-9-12)15(22)17-10-14-18-19-20-21(14)13-4-2-1-3-5-13/h6-9,13H,1-5,10H2,(H,17,22). The molecule has 1 saturated carbocycles. The van der Waals surface area contributed by atoms with Crippen molar-refractivity contribution in [3.8, 4) is 0 Å². The Morgan fingerprint density at radius 2 is 1.95 bits per heavy atom. The van der Waals surface area contributed by atoms with Crippen molar-refractivity contribution in [1.82, 2.24) is 25.5 Å². The molecule has 0 saturated heterocycles. The summed E-state index contributed by atoms with van der Waals surface area (Å²) in [5.41, 5.74) is 0.570. The van der Waals surface area contributed by atoms with E-state index in [4.69, 9.17) is 11.6 Å². The lowest BCUT2D eigenvalue weighted by molar-refractivity contribution is 0.0949. The summed E-state index contributed by atoms with van der Waals surface area (Å²) in [5.74, 6) is 0.545. The first-order valence-electron chi connectivity index (χ1n) is 7.54. The molecule has 0 spiro atoms. The Labute approximate surface area is 133 Å². The van der Waals surface area contributed by atoms with Gasteiger partial charge in [0.05, 0.1) is 12.6 Å². The van der Waals surface area contributed by atoms with Crippen LogP contribution in [0.25, 0.3) is 0 Å². The van der Waals surface area contributed by atoms with E-state index < -0.39 is 0 Å². The van der Waals surface area contributed by atoms with Crippen molar-refractivity contribution in [1.29, 1.82) is 0 Å². The van der Waals surface area contributed by atoms with E-state index in [1.54, 1.807) is 24.3 Å². The number of halogens is 1. The summed E-state index contributed by atoms with van der Waals surface area (Å²) in [6, 6.07) is 7.14. The monoisotopic (exact) mass is 319 g/mol. The molecule has 116 valence electrons. The molecule has 0 bridgehead atoms. The summed E-state index contributed by atoms with van der Waals surface area (Å²) in [6.07, 6.45) is 5.90. The molecule has 1 aromatic carbocycles. The molecule has 2 aromatic rings. The molecule has 6 nitrogen and oxygen atoms in total. The van der Waals surface area contributed by atoms with E-state index in [-0.39, 0.29) is 5.91 Å². The van der Waals surface area contributed by atoms with Gasteiger partial charge >= 0.3 is 0 Å².